The van der Waals surface area contributed by atoms with Gasteiger partial charge in [0.05, 0.1) is 0 Å². The molecule has 0 saturated heterocycles. The summed E-state index contributed by atoms with van der Waals surface area (Å²) in [4.78, 5) is 3.72. The Morgan fingerprint density at radius 1 is 1.62 bits per heavy atom. The van der Waals surface area contributed by atoms with Gasteiger partial charge in [-0.25, -0.2) is 0 Å². The van der Waals surface area contributed by atoms with Crippen LogP contribution in [0.25, 0.3) is 0 Å². The van der Waals surface area contributed by atoms with Crippen molar-refractivity contribution in [1.29, 1.82) is 0 Å². The van der Waals surface area contributed by atoms with Gasteiger partial charge in [0, 0.05) is 0 Å². The zero-order valence-electron chi connectivity index (χ0n) is 4.77. The van der Waals surface area contributed by atoms with Crippen LogP contribution in [0.4, 0.5) is 0 Å². The molecule has 0 unspecified atom stereocenters. The Bertz CT molecular complexity index is 159. The fraction of sp³-hybridized carbons (Fsp3) is 0.167. The van der Waals surface area contributed by atoms with Gasteiger partial charge < -0.3 is 0 Å². The van der Waals surface area contributed by atoms with E-state index < -0.39 is 0 Å². The predicted molar refractivity (Wildman–Crippen MR) is 37.1 cm³/mol. The second-order valence-electron chi connectivity index (χ2n) is 1.43. The Hall–Kier alpha value is -0.421. The van der Waals surface area contributed by atoms with E-state index in [0.29, 0.717) is 5.70 Å². The average molecular weight is 172 g/mol. The Morgan fingerprint density at radius 2 is 2.12 bits per heavy atom. The topological polar surface area (TPSA) is 12.4 Å². The average Bonchev–Trinajstić information content (AvgIpc) is 1.67. The van der Waals surface area contributed by atoms with Crippen molar-refractivity contribution in [1.82, 2.24) is 0 Å². The molecule has 2 heteroatoms. The van der Waals surface area contributed by atoms with E-state index in [1.807, 2.05) is 6.92 Å². The first-order chi connectivity index (χ1) is 3.68. The van der Waals surface area contributed by atoms with Gasteiger partial charge in [0.2, 0.25) is 0 Å². The molecule has 0 N–H and O–H groups in total. The summed E-state index contributed by atoms with van der Waals surface area (Å²) in [5.74, 6) is 0. The third kappa shape index (κ3) is 2.70. The maximum atomic E-state index is 3.72. The van der Waals surface area contributed by atoms with Gasteiger partial charge in [-0.05, 0) is 0 Å². The Balaban J connectivity index is 4.05. The molecular formula is C6H7NSe. The van der Waals surface area contributed by atoms with Crippen molar-refractivity contribution in [3.63, 3.8) is 0 Å². The number of aliphatic imine (C=N–C) groups is 1. The molecule has 0 aromatic rings. The summed E-state index contributed by atoms with van der Waals surface area (Å²) in [6, 6.07) is 0. The second kappa shape index (κ2) is 3.57. The van der Waals surface area contributed by atoms with E-state index in [1.54, 1.807) is 0 Å². The van der Waals surface area contributed by atoms with Crippen LogP contribution < -0.4 is 0 Å². The predicted octanol–water partition coefficient (Wildman–Crippen LogP) is 1.15. The summed E-state index contributed by atoms with van der Waals surface area (Å²) < 4.78 is 2.49. The first-order valence-electron chi connectivity index (χ1n) is 2.11. The van der Waals surface area contributed by atoms with Crippen molar-refractivity contribution >= 4 is 20.3 Å². The number of hydrogen-bond acceptors (Lipinski definition) is 1. The molecule has 0 aliphatic carbocycles. The van der Waals surface area contributed by atoms with Crippen molar-refractivity contribution < 1.29 is 0 Å². The van der Waals surface area contributed by atoms with Gasteiger partial charge in [-0.2, -0.15) is 0 Å². The zero-order valence-corrected chi connectivity index (χ0v) is 6.48. The standard InChI is InChI=1S/C6H7NSe/c1-5(2)6(3)7-4-8/h1,3H2,2H3. The molecule has 0 fully saturated rings. The van der Waals surface area contributed by atoms with Crippen LogP contribution in [-0.2, 0) is 0 Å². The number of rotatable bonds is 2. The van der Waals surface area contributed by atoms with Crippen LogP contribution in [-0.4, -0.2) is 20.3 Å². The summed E-state index contributed by atoms with van der Waals surface area (Å²) in [6.07, 6.45) is 0. The quantitative estimate of drug-likeness (QED) is 0.336. The van der Waals surface area contributed by atoms with E-state index in [2.05, 4.69) is 38.4 Å². The SMILES string of the molecule is C=C(C)C(=C)N=C=[Se]. The molecule has 0 amide bonds. The van der Waals surface area contributed by atoms with E-state index in [-0.39, 0.29) is 0 Å². The summed E-state index contributed by atoms with van der Waals surface area (Å²) >= 11 is 2.51. The summed E-state index contributed by atoms with van der Waals surface area (Å²) in [7, 11) is 0. The van der Waals surface area contributed by atoms with Crippen LogP contribution in [0, 0.1) is 0 Å². The van der Waals surface area contributed by atoms with Gasteiger partial charge in [-0.1, -0.05) is 0 Å². The van der Waals surface area contributed by atoms with Crippen molar-refractivity contribution in [3.05, 3.63) is 24.4 Å². The van der Waals surface area contributed by atoms with Crippen LogP contribution >= 0.6 is 0 Å². The summed E-state index contributed by atoms with van der Waals surface area (Å²) in [6.45, 7) is 9.07. The Labute approximate surface area is 57.2 Å². The van der Waals surface area contributed by atoms with Crippen molar-refractivity contribution in [3.8, 4) is 0 Å². The third-order valence-corrected chi connectivity index (χ3v) is 0.865. The van der Waals surface area contributed by atoms with Crippen molar-refractivity contribution in [2.45, 2.75) is 6.92 Å². The first kappa shape index (κ1) is 7.58. The van der Waals surface area contributed by atoms with Gasteiger partial charge in [0.1, 0.15) is 0 Å². The molecule has 0 aromatic carbocycles. The molecule has 0 spiro atoms. The zero-order chi connectivity index (χ0) is 6.57. The van der Waals surface area contributed by atoms with Crippen LogP contribution in [0.2, 0.25) is 0 Å². The third-order valence-electron chi connectivity index (χ3n) is 0.673. The van der Waals surface area contributed by atoms with Crippen molar-refractivity contribution in [2.75, 3.05) is 0 Å². The molecule has 0 atom stereocenters. The molecule has 1 nitrogen and oxygen atoms in total. The molecule has 0 bridgehead atoms. The molecular weight excluding hydrogens is 165 g/mol. The molecule has 42 valence electrons. The fourth-order valence-electron chi connectivity index (χ4n) is 0.151. The van der Waals surface area contributed by atoms with E-state index in [9.17, 15) is 0 Å². The van der Waals surface area contributed by atoms with Crippen LogP contribution in [0.1, 0.15) is 6.92 Å². The molecule has 0 radical (unpaired) electrons. The molecule has 0 heterocycles. The maximum absolute atomic E-state index is 3.72. The van der Waals surface area contributed by atoms with Crippen LogP contribution in [0.15, 0.2) is 29.4 Å². The number of allylic oxidation sites excluding steroid dienone is 1. The Kier molecular flexibility index (Phi) is 3.38. The molecule has 0 rings (SSSR count). The van der Waals surface area contributed by atoms with Crippen LogP contribution in [0.3, 0.4) is 0 Å². The molecule has 0 aliphatic rings. The molecule has 0 aliphatic heterocycles. The van der Waals surface area contributed by atoms with Gasteiger partial charge in [-0.15, -0.1) is 0 Å². The van der Waals surface area contributed by atoms with E-state index in [1.165, 1.54) is 0 Å². The monoisotopic (exact) mass is 173 g/mol. The second-order valence-corrected chi connectivity index (χ2v) is 1.81. The Morgan fingerprint density at radius 3 is 2.25 bits per heavy atom. The van der Waals surface area contributed by atoms with E-state index >= 15 is 0 Å². The number of nitrogens with zero attached hydrogens (tertiary/aromatic N) is 1. The first-order valence-corrected chi connectivity index (χ1v) is 2.96. The molecule has 8 heavy (non-hydrogen) atoms. The summed E-state index contributed by atoms with van der Waals surface area (Å²) in [5, 5.41) is 0. The van der Waals surface area contributed by atoms with E-state index in [0.717, 1.165) is 5.57 Å². The van der Waals surface area contributed by atoms with Gasteiger partial charge in [0.25, 0.3) is 0 Å². The van der Waals surface area contributed by atoms with Gasteiger partial charge in [-0.3, -0.25) is 0 Å². The summed E-state index contributed by atoms with van der Waals surface area (Å²) in [5.41, 5.74) is 1.54. The van der Waals surface area contributed by atoms with Gasteiger partial charge in [0.15, 0.2) is 0 Å². The fourth-order valence-corrected chi connectivity index (χ4v) is 0.382. The minimum absolute atomic E-state index is 0.670. The van der Waals surface area contributed by atoms with Crippen molar-refractivity contribution in [2.24, 2.45) is 4.99 Å². The van der Waals surface area contributed by atoms with E-state index in [4.69, 9.17) is 0 Å². The normalized spacial score (nSPS) is 7.12. The van der Waals surface area contributed by atoms with Gasteiger partial charge >= 0.3 is 56.6 Å². The minimum atomic E-state index is 0.670. The van der Waals surface area contributed by atoms with Crippen LogP contribution in [0.5, 0.6) is 0 Å². The molecule has 0 saturated carbocycles. The number of hydrogen-bond donors (Lipinski definition) is 0. The molecule has 0 aromatic heterocycles.